The minimum atomic E-state index is -0.550. The van der Waals surface area contributed by atoms with Crippen molar-refractivity contribution in [2.75, 3.05) is 0 Å². The highest BCUT2D eigenvalue weighted by atomic mass is 16.2. The fourth-order valence-corrected chi connectivity index (χ4v) is 1.87. The predicted octanol–water partition coefficient (Wildman–Crippen LogP) is 1.26. The van der Waals surface area contributed by atoms with E-state index in [9.17, 15) is 4.79 Å². The SMILES string of the molecule is CC(C)(C)[C@H](N)C(=O)NCc1cccnc1-n1ccnc1. The molecule has 6 heteroatoms. The zero-order chi connectivity index (χ0) is 15.5. The lowest BCUT2D eigenvalue weighted by atomic mass is 9.87. The molecule has 0 bridgehead atoms. The van der Waals surface area contributed by atoms with Crippen molar-refractivity contribution in [3.63, 3.8) is 0 Å². The summed E-state index contributed by atoms with van der Waals surface area (Å²) in [5.74, 6) is 0.586. The van der Waals surface area contributed by atoms with Gasteiger partial charge in [-0.1, -0.05) is 26.8 Å². The molecule has 0 spiro atoms. The van der Waals surface area contributed by atoms with E-state index >= 15 is 0 Å². The van der Waals surface area contributed by atoms with Crippen molar-refractivity contribution in [3.8, 4) is 5.82 Å². The first-order chi connectivity index (χ1) is 9.89. The summed E-state index contributed by atoms with van der Waals surface area (Å²) in [6.07, 6.45) is 6.89. The average Bonchev–Trinajstić information content (AvgIpc) is 2.97. The van der Waals surface area contributed by atoms with E-state index in [2.05, 4.69) is 15.3 Å². The quantitative estimate of drug-likeness (QED) is 0.886. The summed E-state index contributed by atoms with van der Waals surface area (Å²) in [6, 6.07) is 3.21. The summed E-state index contributed by atoms with van der Waals surface area (Å²) >= 11 is 0. The van der Waals surface area contributed by atoms with E-state index in [1.807, 2.05) is 43.7 Å². The largest absolute Gasteiger partial charge is 0.351 e. The molecule has 0 saturated heterocycles. The van der Waals surface area contributed by atoms with Crippen molar-refractivity contribution in [2.45, 2.75) is 33.4 Å². The summed E-state index contributed by atoms with van der Waals surface area (Å²) in [6.45, 7) is 6.21. The number of amides is 1. The molecule has 0 unspecified atom stereocenters. The molecule has 2 aromatic heterocycles. The molecule has 21 heavy (non-hydrogen) atoms. The van der Waals surface area contributed by atoms with Gasteiger partial charge < -0.3 is 11.1 Å². The lowest BCUT2D eigenvalue weighted by Crippen LogP contribution is -2.48. The highest BCUT2D eigenvalue weighted by molar-refractivity contribution is 5.82. The molecule has 0 fully saturated rings. The van der Waals surface area contributed by atoms with Gasteiger partial charge in [0.15, 0.2) is 0 Å². The van der Waals surface area contributed by atoms with E-state index in [-0.39, 0.29) is 11.3 Å². The van der Waals surface area contributed by atoms with Crippen LogP contribution >= 0.6 is 0 Å². The van der Waals surface area contributed by atoms with Gasteiger partial charge in [-0.2, -0.15) is 0 Å². The molecule has 1 amide bonds. The van der Waals surface area contributed by atoms with Crippen LogP contribution < -0.4 is 11.1 Å². The molecular weight excluding hydrogens is 266 g/mol. The molecule has 2 heterocycles. The zero-order valence-corrected chi connectivity index (χ0v) is 12.6. The number of carbonyl (C=O) groups excluding carboxylic acids is 1. The highest BCUT2D eigenvalue weighted by Gasteiger charge is 2.27. The van der Waals surface area contributed by atoms with Gasteiger partial charge in [0, 0.05) is 30.7 Å². The van der Waals surface area contributed by atoms with Crippen molar-refractivity contribution >= 4 is 5.91 Å². The zero-order valence-electron chi connectivity index (χ0n) is 12.6. The summed E-state index contributed by atoms with van der Waals surface area (Å²) in [5, 5.41) is 2.87. The van der Waals surface area contributed by atoms with E-state index in [0.29, 0.717) is 6.54 Å². The monoisotopic (exact) mass is 287 g/mol. The van der Waals surface area contributed by atoms with Crippen molar-refractivity contribution in [1.29, 1.82) is 0 Å². The molecule has 1 atom stereocenters. The molecule has 0 radical (unpaired) electrons. The number of aromatic nitrogens is 3. The molecule has 6 nitrogen and oxygen atoms in total. The van der Waals surface area contributed by atoms with Crippen LogP contribution in [0.3, 0.4) is 0 Å². The first kappa shape index (κ1) is 15.2. The van der Waals surface area contributed by atoms with Gasteiger partial charge in [-0.05, 0) is 11.5 Å². The van der Waals surface area contributed by atoms with Crippen LogP contribution in [-0.2, 0) is 11.3 Å². The van der Waals surface area contributed by atoms with Crippen LogP contribution in [0.1, 0.15) is 26.3 Å². The van der Waals surface area contributed by atoms with Gasteiger partial charge in [0.25, 0.3) is 0 Å². The molecule has 0 aliphatic carbocycles. The number of nitrogens with two attached hydrogens (primary N) is 1. The summed E-state index contributed by atoms with van der Waals surface area (Å²) < 4.78 is 1.81. The minimum Gasteiger partial charge on any atom is -0.351 e. The number of hydrogen-bond acceptors (Lipinski definition) is 4. The van der Waals surface area contributed by atoms with Crippen LogP contribution in [0.15, 0.2) is 37.1 Å². The third-order valence-electron chi connectivity index (χ3n) is 3.29. The Hall–Kier alpha value is -2.21. The van der Waals surface area contributed by atoms with Crippen molar-refractivity contribution in [1.82, 2.24) is 19.9 Å². The lowest BCUT2D eigenvalue weighted by molar-refractivity contribution is -0.124. The Balaban J connectivity index is 2.10. The molecular formula is C15H21N5O. The van der Waals surface area contributed by atoms with Crippen LogP contribution in [0.5, 0.6) is 0 Å². The first-order valence-corrected chi connectivity index (χ1v) is 6.85. The number of imidazole rings is 1. The highest BCUT2D eigenvalue weighted by Crippen LogP contribution is 2.17. The molecule has 0 aromatic carbocycles. The summed E-state index contributed by atoms with van der Waals surface area (Å²) in [4.78, 5) is 20.4. The third-order valence-corrected chi connectivity index (χ3v) is 3.29. The topological polar surface area (TPSA) is 85.8 Å². The Morgan fingerprint density at radius 1 is 1.43 bits per heavy atom. The van der Waals surface area contributed by atoms with Gasteiger partial charge in [-0.15, -0.1) is 0 Å². The molecule has 2 aromatic rings. The van der Waals surface area contributed by atoms with E-state index in [4.69, 9.17) is 5.73 Å². The van der Waals surface area contributed by atoms with Crippen LogP contribution in [-0.4, -0.2) is 26.5 Å². The van der Waals surface area contributed by atoms with Crippen LogP contribution in [0.25, 0.3) is 5.82 Å². The Labute approximate surface area is 124 Å². The van der Waals surface area contributed by atoms with Crippen molar-refractivity contribution in [2.24, 2.45) is 11.1 Å². The van der Waals surface area contributed by atoms with Gasteiger partial charge in [0.05, 0.1) is 6.04 Å². The second-order valence-electron chi connectivity index (χ2n) is 6.02. The van der Waals surface area contributed by atoms with Crippen LogP contribution in [0.2, 0.25) is 0 Å². The molecule has 0 aliphatic rings. The van der Waals surface area contributed by atoms with E-state index in [1.165, 1.54) is 0 Å². The maximum absolute atomic E-state index is 12.1. The third kappa shape index (κ3) is 3.66. The summed E-state index contributed by atoms with van der Waals surface area (Å²) in [7, 11) is 0. The second-order valence-corrected chi connectivity index (χ2v) is 6.02. The predicted molar refractivity (Wildman–Crippen MR) is 80.6 cm³/mol. The van der Waals surface area contributed by atoms with Gasteiger partial charge in [0.2, 0.25) is 5.91 Å². The smallest absolute Gasteiger partial charge is 0.237 e. The Morgan fingerprint density at radius 2 is 2.19 bits per heavy atom. The number of nitrogens with zero attached hydrogens (tertiary/aromatic N) is 3. The number of rotatable bonds is 4. The van der Waals surface area contributed by atoms with E-state index in [0.717, 1.165) is 11.4 Å². The number of hydrogen-bond donors (Lipinski definition) is 2. The van der Waals surface area contributed by atoms with Gasteiger partial charge in [-0.3, -0.25) is 9.36 Å². The van der Waals surface area contributed by atoms with Crippen molar-refractivity contribution < 1.29 is 4.79 Å². The normalized spacial score (nSPS) is 13.0. The van der Waals surface area contributed by atoms with Gasteiger partial charge >= 0.3 is 0 Å². The molecule has 2 rings (SSSR count). The molecule has 0 saturated carbocycles. The Morgan fingerprint density at radius 3 is 2.81 bits per heavy atom. The maximum Gasteiger partial charge on any atom is 0.237 e. The molecule has 112 valence electrons. The number of pyridine rings is 1. The fourth-order valence-electron chi connectivity index (χ4n) is 1.87. The standard InChI is InChI=1S/C15H21N5O/c1-15(2,3)12(16)14(21)19-9-11-5-4-6-18-13(11)20-8-7-17-10-20/h4-8,10,12H,9,16H2,1-3H3,(H,19,21)/t12-/m1/s1. The van der Waals surface area contributed by atoms with E-state index in [1.54, 1.807) is 18.7 Å². The van der Waals surface area contributed by atoms with Gasteiger partial charge in [-0.25, -0.2) is 9.97 Å². The Kier molecular flexibility index (Phi) is 4.37. The maximum atomic E-state index is 12.1. The second kappa shape index (κ2) is 6.05. The minimum absolute atomic E-state index is 0.164. The van der Waals surface area contributed by atoms with Crippen LogP contribution in [0, 0.1) is 5.41 Å². The first-order valence-electron chi connectivity index (χ1n) is 6.85. The number of nitrogens with one attached hydrogen (secondary N) is 1. The van der Waals surface area contributed by atoms with Crippen LogP contribution in [0.4, 0.5) is 0 Å². The van der Waals surface area contributed by atoms with Crippen molar-refractivity contribution in [3.05, 3.63) is 42.6 Å². The van der Waals surface area contributed by atoms with Gasteiger partial charge in [0.1, 0.15) is 12.1 Å². The molecule has 3 N–H and O–H groups in total. The fraction of sp³-hybridized carbons (Fsp3) is 0.400. The summed E-state index contributed by atoms with van der Waals surface area (Å²) in [5.41, 5.74) is 6.58. The lowest BCUT2D eigenvalue weighted by Gasteiger charge is -2.25. The Bertz CT molecular complexity index is 601. The molecule has 0 aliphatic heterocycles. The average molecular weight is 287 g/mol. The van der Waals surface area contributed by atoms with E-state index < -0.39 is 6.04 Å². The number of carbonyl (C=O) groups is 1.